The average Bonchev–Trinajstić information content (AvgIpc) is 2.81. The van der Waals surface area contributed by atoms with Gasteiger partial charge in [-0.05, 0) is 18.2 Å². The van der Waals surface area contributed by atoms with Crippen LogP contribution in [-0.4, -0.2) is 19.7 Å². The highest BCUT2D eigenvalue weighted by Crippen LogP contribution is 2.26. The van der Waals surface area contributed by atoms with E-state index in [-0.39, 0.29) is 0 Å². The van der Waals surface area contributed by atoms with Crippen LogP contribution in [-0.2, 0) is 13.2 Å². The third-order valence-corrected chi connectivity index (χ3v) is 3.38. The van der Waals surface area contributed by atoms with Crippen LogP contribution in [0.15, 0.2) is 48.7 Å². The molecule has 98 valence electrons. The molecule has 20 heavy (non-hydrogen) atoms. The molecule has 0 unspecified atom stereocenters. The number of benzene rings is 1. The summed E-state index contributed by atoms with van der Waals surface area (Å²) in [7, 11) is 0. The maximum Gasteiger partial charge on any atom is 0.183 e. The van der Waals surface area contributed by atoms with Crippen molar-refractivity contribution in [2.24, 2.45) is 0 Å². The molecule has 0 fully saturated rings. The first kappa shape index (κ1) is 11.2. The highest BCUT2D eigenvalue weighted by Gasteiger charge is 2.19. The molecule has 0 N–H and O–H groups in total. The fourth-order valence-electron chi connectivity index (χ4n) is 2.38. The highest BCUT2D eigenvalue weighted by molar-refractivity contribution is 5.50. The summed E-state index contributed by atoms with van der Waals surface area (Å²) < 4.78 is 7.84. The molecule has 0 aliphatic carbocycles. The zero-order valence-corrected chi connectivity index (χ0v) is 10.7. The normalized spacial score (nSPS) is 13.0. The van der Waals surface area contributed by atoms with Crippen LogP contribution in [0.5, 0.6) is 5.75 Å². The molecule has 0 spiro atoms. The molecule has 0 radical (unpaired) electrons. The van der Waals surface area contributed by atoms with Gasteiger partial charge in [-0.25, -0.2) is 0 Å². The Morgan fingerprint density at radius 3 is 2.80 bits per heavy atom. The van der Waals surface area contributed by atoms with Gasteiger partial charge in [0.25, 0.3) is 0 Å². The second-order valence-electron chi connectivity index (χ2n) is 4.64. The summed E-state index contributed by atoms with van der Waals surface area (Å²) in [5, 5.41) is 8.48. The summed E-state index contributed by atoms with van der Waals surface area (Å²) in [6.07, 6.45) is 1.76. The van der Waals surface area contributed by atoms with Crippen LogP contribution in [0.3, 0.4) is 0 Å². The van der Waals surface area contributed by atoms with Gasteiger partial charge < -0.3 is 9.30 Å². The summed E-state index contributed by atoms with van der Waals surface area (Å²) in [4.78, 5) is 4.35. The lowest BCUT2D eigenvalue weighted by molar-refractivity contribution is 0.297. The number of para-hydroxylation sites is 1. The third kappa shape index (κ3) is 1.75. The largest absolute Gasteiger partial charge is 0.485 e. The molecular formula is C15H12N4O. The van der Waals surface area contributed by atoms with Gasteiger partial charge in [0.15, 0.2) is 11.6 Å². The van der Waals surface area contributed by atoms with Crippen LogP contribution in [0.1, 0.15) is 11.4 Å². The smallest absolute Gasteiger partial charge is 0.183 e. The maximum absolute atomic E-state index is 5.78. The van der Waals surface area contributed by atoms with Gasteiger partial charge in [-0.2, -0.15) is 0 Å². The third-order valence-electron chi connectivity index (χ3n) is 3.38. The van der Waals surface area contributed by atoms with Crippen LogP contribution in [0, 0.1) is 0 Å². The minimum Gasteiger partial charge on any atom is -0.485 e. The second kappa shape index (κ2) is 4.45. The fraction of sp³-hybridized carbons (Fsp3) is 0.133. The van der Waals surface area contributed by atoms with Gasteiger partial charge in [0.1, 0.15) is 18.1 Å². The minimum absolute atomic E-state index is 0.427. The minimum atomic E-state index is 0.427. The van der Waals surface area contributed by atoms with Gasteiger partial charge in [-0.1, -0.05) is 24.3 Å². The SMILES string of the molecule is c1ccc(-c2nnc3n2Cc2ccccc2OC3)nc1. The number of hydrogen-bond acceptors (Lipinski definition) is 4. The van der Waals surface area contributed by atoms with E-state index in [1.807, 2.05) is 36.4 Å². The molecule has 4 rings (SSSR count). The van der Waals surface area contributed by atoms with Crippen molar-refractivity contribution in [3.63, 3.8) is 0 Å². The Morgan fingerprint density at radius 2 is 1.90 bits per heavy atom. The quantitative estimate of drug-likeness (QED) is 0.676. The summed E-state index contributed by atoms with van der Waals surface area (Å²) >= 11 is 0. The van der Waals surface area contributed by atoms with Crippen molar-refractivity contribution in [3.05, 3.63) is 60.0 Å². The van der Waals surface area contributed by atoms with E-state index in [0.717, 1.165) is 28.7 Å². The lowest BCUT2D eigenvalue weighted by Crippen LogP contribution is -2.05. The second-order valence-corrected chi connectivity index (χ2v) is 4.64. The Bertz CT molecular complexity index is 752. The van der Waals surface area contributed by atoms with Gasteiger partial charge in [-0.15, -0.1) is 10.2 Å². The van der Waals surface area contributed by atoms with Gasteiger partial charge in [0, 0.05) is 11.8 Å². The van der Waals surface area contributed by atoms with E-state index in [1.165, 1.54) is 0 Å². The van der Waals surface area contributed by atoms with E-state index in [9.17, 15) is 0 Å². The van der Waals surface area contributed by atoms with Gasteiger partial charge in [0.05, 0.1) is 6.54 Å². The molecule has 5 heteroatoms. The predicted molar refractivity (Wildman–Crippen MR) is 73.1 cm³/mol. The van der Waals surface area contributed by atoms with Crippen molar-refractivity contribution in [1.82, 2.24) is 19.7 Å². The Labute approximate surface area is 115 Å². The number of aromatic nitrogens is 4. The molecule has 3 aromatic rings. The number of pyridine rings is 1. The molecule has 1 aliphatic heterocycles. The summed E-state index contributed by atoms with van der Waals surface area (Å²) in [5.41, 5.74) is 1.95. The fourth-order valence-corrected chi connectivity index (χ4v) is 2.38. The number of rotatable bonds is 1. The predicted octanol–water partition coefficient (Wildman–Crippen LogP) is 2.28. The molecule has 0 saturated carbocycles. The Kier molecular flexibility index (Phi) is 2.48. The lowest BCUT2D eigenvalue weighted by atomic mass is 10.2. The van der Waals surface area contributed by atoms with Crippen LogP contribution >= 0.6 is 0 Å². The molecule has 0 atom stereocenters. The number of hydrogen-bond donors (Lipinski definition) is 0. The van der Waals surface area contributed by atoms with Crippen molar-refractivity contribution in [2.45, 2.75) is 13.2 Å². The van der Waals surface area contributed by atoms with Crippen LogP contribution in [0.25, 0.3) is 11.5 Å². The van der Waals surface area contributed by atoms with Gasteiger partial charge >= 0.3 is 0 Å². The standard InChI is InChI=1S/C15H12N4O/c1-2-7-13-11(5-1)9-19-14(10-20-13)17-18-15(19)12-6-3-4-8-16-12/h1-8H,9-10H2. The monoisotopic (exact) mass is 264 g/mol. The van der Waals surface area contributed by atoms with Crippen molar-refractivity contribution in [3.8, 4) is 17.3 Å². The van der Waals surface area contributed by atoms with E-state index in [0.29, 0.717) is 13.2 Å². The van der Waals surface area contributed by atoms with E-state index >= 15 is 0 Å². The van der Waals surface area contributed by atoms with Crippen molar-refractivity contribution < 1.29 is 4.74 Å². The van der Waals surface area contributed by atoms with E-state index in [1.54, 1.807) is 6.20 Å². The zero-order valence-electron chi connectivity index (χ0n) is 10.7. The number of ether oxygens (including phenoxy) is 1. The number of nitrogens with zero attached hydrogens (tertiary/aromatic N) is 4. The number of fused-ring (bicyclic) bond motifs is 2. The molecule has 1 aliphatic rings. The van der Waals surface area contributed by atoms with E-state index < -0.39 is 0 Å². The summed E-state index contributed by atoms with van der Waals surface area (Å²) in [6.45, 7) is 1.13. The van der Waals surface area contributed by atoms with Crippen molar-refractivity contribution >= 4 is 0 Å². The molecule has 3 heterocycles. The molecule has 0 saturated heterocycles. The molecule has 0 bridgehead atoms. The molecule has 2 aromatic heterocycles. The molecule has 5 nitrogen and oxygen atoms in total. The maximum atomic E-state index is 5.78. The lowest BCUT2D eigenvalue weighted by Gasteiger charge is -2.07. The first-order valence-electron chi connectivity index (χ1n) is 6.46. The molecule has 1 aromatic carbocycles. The summed E-state index contributed by atoms with van der Waals surface area (Å²) in [5.74, 6) is 2.51. The Hall–Kier alpha value is -2.69. The average molecular weight is 264 g/mol. The van der Waals surface area contributed by atoms with Gasteiger partial charge in [-0.3, -0.25) is 4.98 Å². The molecular weight excluding hydrogens is 252 g/mol. The van der Waals surface area contributed by atoms with Crippen molar-refractivity contribution in [2.75, 3.05) is 0 Å². The van der Waals surface area contributed by atoms with E-state index in [4.69, 9.17) is 4.74 Å². The summed E-state index contributed by atoms with van der Waals surface area (Å²) in [6, 6.07) is 13.8. The Morgan fingerprint density at radius 1 is 1.00 bits per heavy atom. The highest BCUT2D eigenvalue weighted by atomic mass is 16.5. The van der Waals surface area contributed by atoms with E-state index in [2.05, 4.69) is 25.8 Å². The van der Waals surface area contributed by atoms with Crippen LogP contribution in [0.4, 0.5) is 0 Å². The van der Waals surface area contributed by atoms with Crippen LogP contribution < -0.4 is 4.74 Å². The first-order valence-corrected chi connectivity index (χ1v) is 6.46. The van der Waals surface area contributed by atoms with Crippen LogP contribution in [0.2, 0.25) is 0 Å². The zero-order chi connectivity index (χ0) is 13.4. The Balaban J connectivity index is 1.83. The topological polar surface area (TPSA) is 52.8 Å². The van der Waals surface area contributed by atoms with Crippen molar-refractivity contribution in [1.29, 1.82) is 0 Å². The molecule has 0 amide bonds. The first-order chi connectivity index (χ1) is 9.92. The van der Waals surface area contributed by atoms with Gasteiger partial charge in [0.2, 0.25) is 0 Å².